The number of aliphatic hydroxyl groups is 1. The third-order valence-electron chi connectivity index (χ3n) is 15.1. The van der Waals surface area contributed by atoms with Crippen LogP contribution < -0.4 is 20.7 Å². The summed E-state index contributed by atoms with van der Waals surface area (Å²) >= 11 is 7.91. The van der Waals surface area contributed by atoms with Crippen LogP contribution in [0.1, 0.15) is 126 Å². The highest BCUT2D eigenvalue weighted by Gasteiger charge is 2.70. The third kappa shape index (κ3) is 10.7. The summed E-state index contributed by atoms with van der Waals surface area (Å²) in [6, 6.07) is 20.4. The van der Waals surface area contributed by atoms with Crippen molar-refractivity contribution >= 4 is 46.3 Å². The molecule has 13 nitrogen and oxygen atoms in total. The second kappa shape index (κ2) is 20.5. The molecule has 6 atom stereocenters. The number of likely N-dealkylation sites (tertiary alicyclic amines) is 1. The molecule has 1 saturated heterocycles. The maximum Gasteiger partial charge on any atom is 0.255 e. The number of carbonyl (C=O) groups is 3. The summed E-state index contributed by atoms with van der Waals surface area (Å²) in [6.45, 7) is 21.0. The summed E-state index contributed by atoms with van der Waals surface area (Å²) in [4.78, 5) is 50.3. The van der Waals surface area contributed by atoms with Gasteiger partial charge in [0, 0.05) is 68.0 Å². The number of β-amino-alcohol motifs (C(OH)–C–C–N with tert-alkyl or cyclic N) is 1. The van der Waals surface area contributed by atoms with Gasteiger partial charge >= 0.3 is 0 Å². The normalized spacial score (nSPS) is 23.0. The number of hydrogen-bond donors (Lipinski definition) is 4. The Hall–Kier alpha value is -5.04. The average Bonchev–Trinajstić information content (AvgIpc) is 3.99. The standard InChI is InChI=1S/C53H68ClN7O6S/c1-33(35-13-15-36(16-14-35)47-34(2)57-32-68-47)58-48(64)44-24-40(62)28-60(44)29-45(50(3,4)5)59-46(63)30-66-22-12-10-11-21-56-39-19-17-38-27-61(49(65)42(38)23-39)52(8)31-53(9,51(52,6)7)67-41-20-18-37(26-55)43(54)25-41/h13-20,23,25,32-33,40,44-45,56,62H,10-12,21-22,24,27-31H2,1-9H3,(H,58,64)(H,59,63)/t33-,40+,44-,45?,52+,53+/m0/s1. The molecule has 1 saturated carbocycles. The van der Waals surface area contributed by atoms with Crippen LogP contribution in [0, 0.1) is 29.1 Å². The number of anilines is 1. The van der Waals surface area contributed by atoms with E-state index in [2.05, 4.69) is 87.6 Å². The van der Waals surface area contributed by atoms with Crippen LogP contribution in [0.5, 0.6) is 5.75 Å². The number of nitrogens with zero attached hydrogens (tertiary/aromatic N) is 4. The number of carbonyl (C=O) groups excluding carboxylic acids is 3. The predicted octanol–water partition coefficient (Wildman–Crippen LogP) is 9.07. The highest BCUT2D eigenvalue weighted by Crippen LogP contribution is 2.62. The molecule has 4 N–H and O–H groups in total. The van der Waals surface area contributed by atoms with E-state index in [1.54, 1.807) is 29.5 Å². The van der Waals surface area contributed by atoms with E-state index in [0.717, 1.165) is 64.3 Å². The van der Waals surface area contributed by atoms with Crippen molar-refractivity contribution in [2.45, 2.75) is 136 Å². The van der Waals surface area contributed by atoms with Gasteiger partial charge in [0.15, 0.2) is 0 Å². The summed E-state index contributed by atoms with van der Waals surface area (Å²) in [5.41, 5.74) is 6.22. The summed E-state index contributed by atoms with van der Waals surface area (Å²) in [5.74, 6) is 0.261. The number of amides is 3. The molecule has 1 unspecified atom stereocenters. The van der Waals surface area contributed by atoms with E-state index in [1.165, 1.54) is 0 Å². The number of aryl methyl sites for hydroxylation is 1. The van der Waals surface area contributed by atoms with Gasteiger partial charge in [0.2, 0.25) is 11.8 Å². The number of fused-ring (bicyclic) bond motifs is 1. The molecule has 3 aromatic carbocycles. The first kappa shape index (κ1) is 50.8. The molecular formula is C53H68ClN7O6S. The number of benzene rings is 3. The fourth-order valence-electron chi connectivity index (χ4n) is 10.0. The number of rotatable bonds is 19. The Bertz CT molecular complexity index is 2520. The molecule has 4 aromatic rings. The Morgan fingerprint density at radius 3 is 2.46 bits per heavy atom. The van der Waals surface area contributed by atoms with Crippen molar-refractivity contribution in [1.29, 1.82) is 5.26 Å². The second-order valence-corrected chi connectivity index (χ2v) is 22.2. The number of aliphatic hydroxyl groups excluding tert-OH is 1. The van der Waals surface area contributed by atoms with E-state index < -0.39 is 28.7 Å². The lowest BCUT2D eigenvalue weighted by atomic mass is 9.47. The number of unbranched alkanes of at least 4 members (excludes halogenated alkanes) is 2. The lowest BCUT2D eigenvalue weighted by molar-refractivity contribution is -0.218. The van der Waals surface area contributed by atoms with Crippen LogP contribution in [-0.4, -0.2) is 99.8 Å². The molecule has 364 valence electrons. The zero-order chi connectivity index (χ0) is 49.2. The fourth-order valence-corrected chi connectivity index (χ4v) is 11.1. The van der Waals surface area contributed by atoms with Gasteiger partial charge in [-0.3, -0.25) is 19.3 Å². The van der Waals surface area contributed by atoms with Crippen LogP contribution in [0.3, 0.4) is 0 Å². The molecule has 1 aromatic heterocycles. The highest BCUT2D eigenvalue weighted by atomic mass is 35.5. The number of thiazole rings is 1. The number of nitrogens with one attached hydrogen (secondary N) is 3. The summed E-state index contributed by atoms with van der Waals surface area (Å²) < 4.78 is 12.3. The molecule has 0 radical (unpaired) electrons. The minimum absolute atomic E-state index is 0.0194. The Balaban J connectivity index is 0.813. The second-order valence-electron chi connectivity index (χ2n) is 20.9. The lowest BCUT2D eigenvalue weighted by Crippen LogP contribution is -2.77. The van der Waals surface area contributed by atoms with Gasteiger partial charge in [-0.15, -0.1) is 11.3 Å². The van der Waals surface area contributed by atoms with Crippen molar-refractivity contribution in [2.75, 3.05) is 38.2 Å². The van der Waals surface area contributed by atoms with Crippen molar-refractivity contribution in [1.82, 2.24) is 25.4 Å². The van der Waals surface area contributed by atoms with Gasteiger partial charge in [0.25, 0.3) is 5.91 Å². The van der Waals surface area contributed by atoms with Crippen LogP contribution in [0.2, 0.25) is 5.02 Å². The monoisotopic (exact) mass is 965 g/mol. The van der Waals surface area contributed by atoms with E-state index in [1.807, 2.05) is 59.5 Å². The average molecular weight is 967 g/mol. The molecule has 7 rings (SSSR count). The van der Waals surface area contributed by atoms with Gasteiger partial charge in [-0.1, -0.05) is 76.6 Å². The zero-order valence-corrected chi connectivity index (χ0v) is 42.6. The predicted molar refractivity (Wildman–Crippen MR) is 268 cm³/mol. The number of nitriles is 1. The number of aromatic nitrogens is 1. The van der Waals surface area contributed by atoms with E-state index in [0.29, 0.717) is 55.4 Å². The molecule has 3 amide bonds. The molecule has 3 heterocycles. The summed E-state index contributed by atoms with van der Waals surface area (Å²) in [7, 11) is 0. The van der Waals surface area contributed by atoms with Gasteiger partial charge < -0.3 is 35.4 Å². The SMILES string of the molecule is Cc1ncsc1-c1ccc([C@H](C)NC(=O)[C@@H]2C[C@@H](O)CN2CC(NC(=O)COCCCCCNc2ccc3c(c2)C(=O)N([C@]2(C)C[C@@](C)(Oc4ccc(C#N)c(Cl)c4)C2(C)C)C3)C(C)(C)C)cc1. The molecule has 1 aliphatic carbocycles. The Kier molecular flexibility index (Phi) is 15.3. The van der Waals surface area contributed by atoms with Gasteiger partial charge in [0.1, 0.15) is 24.0 Å². The van der Waals surface area contributed by atoms with E-state index in [-0.39, 0.29) is 41.8 Å². The zero-order valence-electron chi connectivity index (χ0n) is 41.0. The van der Waals surface area contributed by atoms with E-state index >= 15 is 0 Å². The van der Waals surface area contributed by atoms with Crippen molar-refractivity contribution < 1.29 is 29.0 Å². The topological polar surface area (TPSA) is 169 Å². The first-order chi connectivity index (χ1) is 32.1. The first-order valence-electron chi connectivity index (χ1n) is 23.8. The Labute approximate surface area is 410 Å². The third-order valence-corrected chi connectivity index (χ3v) is 16.3. The van der Waals surface area contributed by atoms with Crippen molar-refractivity contribution in [2.24, 2.45) is 10.8 Å². The Morgan fingerprint density at radius 2 is 1.79 bits per heavy atom. The van der Waals surface area contributed by atoms with Crippen LogP contribution in [0.25, 0.3) is 10.4 Å². The molecule has 0 bridgehead atoms. The van der Waals surface area contributed by atoms with Gasteiger partial charge in [0.05, 0.1) is 50.4 Å². The highest BCUT2D eigenvalue weighted by molar-refractivity contribution is 7.13. The molecule has 68 heavy (non-hydrogen) atoms. The number of hydrogen-bond acceptors (Lipinski definition) is 11. The smallest absolute Gasteiger partial charge is 0.255 e. The molecule has 2 fully saturated rings. The van der Waals surface area contributed by atoms with Crippen LogP contribution in [0.4, 0.5) is 5.69 Å². The first-order valence-corrected chi connectivity index (χ1v) is 25.1. The van der Waals surface area contributed by atoms with Gasteiger partial charge in [-0.2, -0.15) is 5.26 Å². The summed E-state index contributed by atoms with van der Waals surface area (Å²) in [6.07, 6.45) is 2.91. The quantitative estimate of drug-likeness (QED) is 0.0666. The van der Waals surface area contributed by atoms with Crippen LogP contribution in [0.15, 0.2) is 66.2 Å². The van der Waals surface area contributed by atoms with E-state index in [4.69, 9.17) is 21.1 Å². The van der Waals surface area contributed by atoms with Gasteiger partial charge in [-0.05, 0) is 99.7 Å². The molecule has 2 aliphatic heterocycles. The van der Waals surface area contributed by atoms with Crippen molar-refractivity contribution in [3.63, 3.8) is 0 Å². The van der Waals surface area contributed by atoms with Crippen molar-refractivity contribution in [3.8, 4) is 22.3 Å². The molecule has 0 spiro atoms. The minimum Gasteiger partial charge on any atom is -0.487 e. The van der Waals surface area contributed by atoms with E-state index in [9.17, 15) is 24.8 Å². The largest absolute Gasteiger partial charge is 0.487 e. The van der Waals surface area contributed by atoms with Gasteiger partial charge in [-0.25, -0.2) is 4.98 Å². The molecule has 3 aliphatic rings. The number of ether oxygens (including phenoxy) is 2. The van der Waals surface area contributed by atoms with Crippen molar-refractivity contribution in [3.05, 3.63) is 99.1 Å². The molecular weight excluding hydrogens is 898 g/mol. The van der Waals surface area contributed by atoms with Crippen LogP contribution in [-0.2, 0) is 20.9 Å². The molecule has 15 heteroatoms. The lowest BCUT2D eigenvalue weighted by Gasteiger charge is -2.68. The maximum atomic E-state index is 14.0. The minimum atomic E-state index is -0.640. The summed E-state index contributed by atoms with van der Waals surface area (Å²) in [5, 5.41) is 30.1. The van der Waals surface area contributed by atoms with Crippen LogP contribution >= 0.6 is 22.9 Å². The fraction of sp³-hybridized carbons (Fsp3) is 0.528. The maximum absolute atomic E-state index is 14.0. The Morgan fingerprint density at radius 1 is 1.04 bits per heavy atom. The number of halogens is 1.